The van der Waals surface area contributed by atoms with E-state index < -0.39 is 0 Å². The highest BCUT2D eigenvalue weighted by Gasteiger charge is 2.40. The van der Waals surface area contributed by atoms with E-state index in [1.165, 1.54) is 51.6 Å². The molecule has 2 atom stereocenters. The number of unbranched alkanes of at least 4 members (excludes halogenated alkanes) is 2. The molecule has 2 nitrogen and oxygen atoms in total. The molecule has 2 aliphatic rings. The molecule has 76 valence electrons. The summed E-state index contributed by atoms with van der Waals surface area (Å²) in [5.74, 6) is 0. The summed E-state index contributed by atoms with van der Waals surface area (Å²) >= 11 is 0. The van der Waals surface area contributed by atoms with E-state index in [1.54, 1.807) is 0 Å². The van der Waals surface area contributed by atoms with Gasteiger partial charge in [0.2, 0.25) is 0 Å². The molecule has 2 aliphatic heterocycles. The molecule has 2 saturated heterocycles. The summed E-state index contributed by atoms with van der Waals surface area (Å²) < 4.78 is 0. The van der Waals surface area contributed by atoms with E-state index >= 15 is 0 Å². The largest absolute Gasteiger partial charge is 0.313 e. The van der Waals surface area contributed by atoms with Crippen LogP contribution in [0.1, 0.15) is 45.4 Å². The minimum absolute atomic E-state index is 0.484. The first-order valence-electron chi connectivity index (χ1n) is 5.83. The summed E-state index contributed by atoms with van der Waals surface area (Å²) in [7, 11) is 0. The van der Waals surface area contributed by atoms with Crippen molar-refractivity contribution in [3.05, 3.63) is 0 Å². The highest BCUT2D eigenvalue weighted by molar-refractivity contribution is 5.03. The number of hydrogen-bond acceptors (Lipinski definition) is 2. The Morgan fingerprint density at radius 3 is 3.15 bits per heavy atom. The van der Waals surface area contributed by atoms with Crippen LogP contribution in [0.25, 0.3) is 0 Å². The summed E-state index contributed by atoms with van der Waals surface area (Å²) in [6, 6.07) is 0.773. The zero-order valence-electron chi connectivity index (χ0n) is 8.73. The van der Waals surface area contributed by atoms with Crippen molar-refractivity contribution in [1.82, 2.24) is 10.6 Å². The van der Waals surface area contributed by atoms with Gasteiger partial charge in [-0.05, 0) is 19.3 Å². The highest BCUT2D eigenvalue weighted by atomic mass is 15.2. The average Bonchev–Trinajstić information content (AvgIpc) is 2.43. The van der Waals surface area contributed by atoms with E-state index in [9.17, 15) is 0 Å². The van der Waals surface area contributed by atoms with E-state index in [0.717, 1.165) is 6.04 Å². The molecule has 2 heteroatoms. The Hall–Kier alpha value is -0.0800. The lowest BCUT2D eigenvalue weighted by Crippen LogP contribution is -2.57. The molecular weight excluding hydrogens is 160 g/mol. The fourth-order valence-electron chi connectivity index (χ4n) is 2.81. The number of fused-ring (bicyclic) bond motifs is 2. The van der Waals surface area contributed by atoms with Crippen LogP contribution in [0, 0.1) is 0 Å². The van der Waals surface area contributed by atoms with Crippen molar-refractivity contribution in [2.75, 3.05) is 13.1 Å². The summed E-state index contributed by atoms with van der Waals surface area (Å²) in [6.07, 6.45) is 8.30. The maximum absolute atomic E-state index is 3.80. The molecule has 0 aromatic heterocycles. The molecule has 0 aliphatic carbocycles. The first-order chi connectivity index (χ1) is 6.35. The van der Waals surface area contributed by atoms with Crippen LogP contribution >= 0.6 is 0 Å². The van der Waals surface area contributed by atoms with Crippen molar-refractivity contribution in [3.63, 3.8) is 0 Å². The minimum Gasteiger partial charge on any atom is -0.313 e. The van der Waals surface area contributed by atoms with Crippen LogP contribution in [0.15, 0.2) is 0 Å². The smallest absolute Gasteiger partial charge is 0.0309 e. The summed E-state index contributed by atoms with van der Waals surface area (Å²) in [5.41, 5.74) is 0.484. The highest BCUT2D eigenvalue weighted by Crippen LogP contribution is 2.30. The molecule has 13 heavy (non-hydrogen) atoms. The standard InChI is InChI=1S/C11H22N2/c1-2-3-4-6-11-7-5-10(13-11)8-12-9-11/h10,12-13H,2-9H2,1H3. The van der Waals surface area contributed by atoms with Crippen molar-refractivity contribution in [3.8, 4) is 0 Å². The first-order valence-corrected chi connectivity index (χ1v) is 5.83. The maximum atomic E-state index is 3.80. The van der Waals surface area contributed by atoms with E-state index in [4.69, 9.17) is 0 Å². The quantitative estimate of drug-likeness (QED) is 0.646. The molecule has 2 heterocycles. The van der Waals surface area contributed by atoms with Gasteiger partial charge in [0.15, 0.2) is 0 Å². The number of rotatable bonds is 4. The van der Waals surface area contributed by atoms with Crippen molar-refractivity contribution in [2.45, 2.75) is 57.0 Å². The van der Waals surface area contributed by atoms with Crippen LogP contribution in [-0.2, 0) is 0 Å². The van der Waals surface area contributed by atoms with Gasteiger partial charge < -0.3 is 10.6 Å². The van der Waals surface area contributed by atoms with Gasteiger partial charge in [-0.15, -0.1) is 0 Å². The van der Waals surface area contributed by atoms with Crippen LogP contribution in [0.5, 0.6) is 0 Å². The molecule has 0 radical (unpaired) electrons. The molecule has 2 unspecified atom stereocenters. The van der Waals surface area contributed by atoms with Gasteiger partial charge in [-0.1, -0.05) is 26.2 Å². The van der Waals surface area contributed by atoms with Crippen LogP contribution in [0.2, 0.25) is 0 Å². The van der Waals surface area contributed by atoms with E-state index in [1.807, 2.05) is 0 Å². The summed E-state index contributed by atoms with van der Waals surface area (Å²) in [4.78, 5) is 0. The normalized spacial score (nSPS) is 38.1. The molecule has 0 aromatic rings. The van der Waals surface area contributed by atoms with Crippen LogP contribution < -0.4 is 10.6 Å². The monoisotopic (exact) mass is 182 g/mol. The predicted octanol–water partition coefficient (Wildman–Crippen LogP) is 1.66. The molecule has 2 N–H and O–H groups in total. The second-order valence-corrected chi connectivity index (χ2v) is 4.75. The molecule has 2 bridgehead atoms. The zero-order valence-corrected chi connectivity index (χ0v) is 8.73. The third-order valence-electron chi connectivity index (χ3n) is 3.59. The minimum atomic E-state index is 0.484. The second-order valence-electron chi connectivity index (χ2n) is 4.75. The lowest BCUT2D eigenvalue weighted by atomic mass is 9.90. The Morgan fingerprint density at radius 1 is 1.38 bits per heavy atom. The Morgan fingerprint density at radius 2 is 2.31 bits per heavy atom. The first kappa shape index (κ1) is 9.47. The van der Waals surface area contributed by atoms with Crippen LogP contribution in [-0.4, -0.2) is 24.7 Å². The van der Waals surface area contributed by atoms with Crippen molar-refractivity contribution < 1.29 is 0 Å². The van der Waals surface area contributed by atoms with Crippen LogP contribution in [0.4, 0.5) is 0 Å². The Labute approximate surface area is 81.5 Å². The second kappa shape index (κ2) is 3.97. The van der Waals surface area contributed by atoms with Gasteiger partial charge in [-0.3, -0.25) is 0 Å². The molecule has 0 spiro atoms. The number of piperazine rings is 1. The van der Waals surface area contributed by atoms with Crippen molar-refractivity contribution in [1.29, 1.82) is 0 Å². The molecular formula is C11H22N2. The van der Waals surface area contributed by atoms with Crippen LogP contribution in [0.3, 0.4) is 0 Å². The van der Waals surface area contributed by atoms with E-state index in [2.05, 4.69) is 17.6 Å². The fraction of sp³-hybridized carbons (Fsp3) is 1.00. The van der Waals surface area contributed by atoms with Crippen molar-refractivity contribution >= 4 is 0 Å². The zero-order chi connectivity index (χ0) is 9.15. The van der Waals surface area contributed by atoms with Gasteiger partial charge in [-0.25, -0.2) is 0 Å². The number of hydrogen-bond donors (Lipinski definition) is 2. The molecule has 0 aromatic carbocycles. The third kappa shape index (κ3) is 2.05. The van der Waals surface area contributed by atoms with Gasteiger partial charge in [0, 0.05) is 24.7 Å². The lowest BCUT2D eigenvalue weighted by Gasteiger charge is -2.35. The topological polar surface area (TPSA) is 24.1 Å². The van der Waals surface area contributed by atoms with Gasteiger partial charge in [-0.2, -0.15) is 0 Å². The number of nitrogens with one attached hydrogen (secondary N) is 2. The Bertz CT molecular complexity index is 165. The van der Waals surface area contributed by atoms with Gasteiger partial charge in [0.25, 0.3) is 0 Å². The Balaban J connectivity index is 1.82. The summed E-state index contributed by atoms with van der Waals surface area (Å²) in [5, 5.41) is 7.35. The Kier molecular flexibility index (Phi) is 2.89. The molecule has 0 saturated carbocycles. The van der Waals surface area contributed by atoms with Gasteiger partial charge in [0.05, 0.1) is 0 Å². The van der Waals surface area contributed by atoms with E-state index in [-0.39, 0.29) is 0 Å². The molecule has 2 fully saturated rings. The van der Waals surface area contributed by atoms with Gasteiger partial charge >= 0.3 is 0 Å². The average molecular weight is 182 g/mol. The summed E-state index contributed by atoms with van der Waals surface area (Å²) in [6.45, 7) is 4.67. The maximum Gasteiger partial charge on any atom is 0.0309 e. The van der Waals surface area contributed by atoms with Crippen molar-refractivity contribution in [2.24, 2.45) is 0 Å². The third-order valence-corrected chi connectivity index (χ3v) is 3.59. The fourth-order valence-corrected chi connectivity index (χ4v) is 2.81. The molecule has 0 amide bonds. The van der Waals surface area contributed by atoms with E-state index in [0.29, 0.717) is 5.54 Å². The lowest BCUT2D eigenvalue weighted by molar-refractivity contribution is 0.269. The SMILES string of the molecule is CCCCCC12CCC(CNC1)N2. The van der Waals surface area contributed by atoms with Gasteiger partial charge in [0.1, 0.15) is 0 Å². The predicted molar refractivity (Wildman–Crippen MR) is 55.9 cm³/mol. The molecule has 2 rings (SSSR count).